The summed E-state index contributed by atoms with van der Waals surface area (Å²) in [4.78, 5) is 54.1. The summed E-state index contributed by atoms with van der Waals surface area (Å²) in [6.45, 7) is 1.65. The lowest BCUT2D eigenvalue weighted by molar-refractivity contribution is -0.497. The molecule has 0 spiro atoms. The van der Waals surface area contributed by atoms with Gasteiger partial charge in [-0.15, -0.1) is 0 Å². The number of benzene rings is 2. The Bertz CT molecular complexity index is 1580. The lowest BCUT2D eigenvalue weighted by Crippen LogP contribution is -2.31. The summed E-state index contributed by atoms with van der Waals surface area (Å²) in [6.07, 6.45) is 14.7. The van der Waals surface area contributed by atoms with Crippen molar-refractivity contribution in [2.75, 3.05) is 13.7 Å². The number of esters is 2. The number of nitrogens with one attached hydrogen (secondary N) is 1. The van der Waals surface area contributed by atoms with Gasteiger partial charge in [0.2, 0.25) is 5.91 Å². The number of allylic oxidation sites excluding steroid dienone is 2. The van der Waals surface area contributed by atoms with Gasteiger partial charge in [0.15, 0.2) is 11.5 Å². The van der Waals surface area contributed by atoms with E-state index >= 15 is 0 Å². The normalized spacial score (nSPS) is 18.2. The van der Waals surface area contributed by atoms with Crippen LogP contribution in [-0.4, -0.2) is 75.5 Å². The number of ether oxygens (including phenoxy) is 3. The SMILES string of the molecule is CCCCCCCC(=O)CC[C@@H]1[C@@H](C/C=C\CCCC(=O)NCC(=O)Oc2ccc(/C=C/C(=O)Oc3cccc(CON(O)O)c3)cc2OC)[C@@H](O)C[C@H]1O. The van der Waals surface area contributed by atoms with Crippen molar-refractivity contribution < 1.29 is 58.9 Å². The molecule has 1 aliphatic carbocycles. The summed E-state index contributed by atoms with van der Waals surface area (Å²) < 4.78 is 16.0. The molecular formula is C41H56N2O12. The lowest BCUT2D eigenvalue weighted by Gasteiger charge is -2.22. The minimum atomic E-state index is -0.697. The first-order chi connectivity index (χ1) is 26.5. The summed E-state index contributed by atoms with van der Waals surface area (Å²) in [7, 11) is 1.39. The van der Waals surface area contributed by atoms with Gasteiger partial charge in [0, 0.05) is 25.3 Å². The van der Waals surface area contributed by atoms with Crippen molar-refractivity contribution in [3.63, 3.8) is 0 Å². The second-order valence-electron chi connectivity index (χ2n) is 13.6. The zero-order valence-electron chi connectivity index (χ0n) is 31.8. The Balaban J connectivity index is 1.35. The standard InChI is InChI=1S/C41H56N2O12/c1-3-4-5-6-9-14-31(44)20-21-34-33(35(45)26-36(34)46)16-10-7-8-11-17-39(47)42-27-41(49)55-37-22-18-29(25-38(37)52-2)19-23-40(48)54-32-15-12-13-30(24-32)28-53-43(50)51/h7,10,12-13,15,18-19,22-25,33-36,45-46,50-51H,3-6,8-9,11,14,16-17,20-21,26-28H2,1-2H3,(H,42,47)/b10-7-,23-19+/t33-,34-,35+,36-/m1/s1. The molecule has 5 N–H and O–H groups in total. The lowest BCUT2D eigenvalue weighted by atomic mass is 9.86. The average molecular weight is 769 g/mol. The van der Waals surface area contributed by atoms with Gasteiger partial charge in [0.25, 0.3) is 0 Å². The molecule has 0 saturated heterocycles. The van der Waals surface area contributed by atoms with Crippen molar-refractivity contribution in [3.05, 3.63) is 71.8 Å². The fourth-order valence-electron chi connectivity index (χ4n) is 6.47. The van der Waals surface area contributed by atoms with Crippen LogP contribution in [0, 0.1) is 11.8 Å². The maximum absolute atomic E-state index is 12.5. The van der Waals surface area contributed by atoms with Crippen LogP contribution in [0.4, 0.5) is 0 Å². The number of aliphatic hydroxyl groups is 2. The number of methoxy groups -OCH3 is 1. The van der Waals surface area contributed by atoms with Gasteiger partial charge in [-0.25, -0.2) is 14.4 Å². The van der Waals surface area contributed by atoms with Crippen molar-refractivity contribution in [1.82, 2.24) is 10.7 Å². The summed E-state index contributed by atoms with van der Waals surface area (Å²) in [5.74, 6) is -1.11. The van der Waals surface area contributed by atoms with Crippen LogP contribution in [0.5, 0.6) is 17.2 Å². The number of amides is 1. The Labute approximate surface area is 322 Å². The van der Waals surface area contributed by atoms with Crippen molar-refractivity contribution in [1.29, 1.82) is 0 Å². The number of carbonyl (C=O) groups is 4. The highest BCUT2D eigenvalue weighted by atomic mass is 17.1. The first-order valence-electron chi connectivity index (χ1n) is 19.0. The number of Topliss-reactive ketones (excluding diaryl/α,β-unsaturated/α-hetero) is 1. The molecule has 0 aromatic heterocycles. The number of ketones is 1. The van der Waals surface area contributed by atoms with Crippen LogP contribution in [0.15, 0.2) is 60.7 Å². The van der Waals surface area contributed by atoms with E-state index in [2.05, 4.69) is 17.1 Å². The zero-order chi connectivity index (χ0) is 40.0. The average Bonchev–Trinajstić information content (AvgIpc) is 3.43. The number of aliphatic hydroxyl groups excluding tert-OH is 2. The third kappa shape index (κ3) is 17.3. The Morgan fingerprint density at radius 3 is 2.42 bits per heavy atom. The van der Waals surface area contributed by atoms with E-state index in [1.807, 2.05) is 12.2 Å². The van der Waals surface area contributed by atoms with Crippen molar-refractivity contribution in [3.8, 4) is 17.2 Å². The van der Waals surface area contributed by atoms with Crippen LogP contribution >= 0.6 is 0 Å². The molecule has 0 aliphatic heterocycles. The predicted molar refractivity (Wildman–Crippen MR) is 202 cm³/mol. The van der Waals surface area contributed by atoms with E-state index in [1.54, 1.807) is 30.3 Å². The number of carbonyl (C=O) groups excluding carboxylic acids is 4. The molecule has 1 fully saturated rings. The zero-order valence-corrected chi connectivity index (χ0v) is 31.8. The summed E-state index contributed by atoms with van der Waals surface area (Å²) in [5.41, 5.74) is 1.08. The Kier molecular flexibility index (Phi) is 20.3. The monoisotopic (exact) mass is 768 g/mol. The molecular weight excluding hydrogens is 712 g/mol. The first-order valence-corrected chi connectivity index (χ1v) is 19.0. The molecule has 3 rings (SSSR count). The Hall–Kier alpha value is -4.44. The van der Waals surface area contributed by atoms with Gasteiger partial charge in [-0.05, 0) is 91.8 Å². The fourth-order valence-corrected chi connectivity index (χ4v) is 6.47. The second-order valence-corrected chi connectivity index (χ2v) is 13.6. The van der Waals surface area contributed by atoms with Crippen LogP contribution in [0.3, 0.4) is 0 Å². The molecule has 1 saturated carbocycles. The summed E-state index contributed by atoms with van der Waals surface area (Å²) in [6, 6.07) is 11.0. The van der Waals surface area contributed by atoms with Crippen LogP contribution in [0.25, 0.3) is 6.08 Å². The van der Waals surface area contributed by atoms with Gasteiger partial charge in [-0.3, -0.25) is 20.0 Å². The molecule has 14 nitrogen and oxygen atoms in total. The van der Waals surface area contributed by atoms with Gasteiger partial charge in [0.05, 0.1) is 31.3 Å². The van der Waals surface area contributed by atoms with E-state index in [0.29, 0.717) is 56.1 Å². The number of hydrogen-bond donors (Lipinski definition) is 5. The molecule has 1 amide bonds. The molecule has 2 aromatic carbocycles. The predicted octanol–water partition coefficient (Wildman–Crippen LogP) is 6.03. The third-order valence-corrected chi connectivity index (χ3v) is 9.40. The van der Waals surface area contributed by atoms with E-state index in [1.165, 1.54) is 44.2 Å². The smallest absolute Gasteiger partial charge is 0.336 e. The molecule has 4 atom stereocenters. The molecule has 14 heteroatoms. The minimum Gasteiger partial charge on any atom is -0.493 e. The van der Waals surface area contributed by atoms with E-state index < -0.39 is 29.5 Å². The van der Waals surface area contributed by atoms with E-state index in [4.69, 9.17) is 24.6 Å². The summed E-state index contributed by atoms with van der Waals surface area (Å²) in [5, 5.41) is 40.6. The van der Waals surface area contributed by atoms with Crippen LogP contribution in [0.1, 0.15) is 102 Å². The highest BCUT2D eigenvalue weighted by Gasteiger charge is 2.40. The number of rotatable bonds is 25. The van der Waals surface area contributed by atoms with Gasteiger partial charge < -0.3 is 29.7 Å². The maximum Gasteiger partial charge on any atom is 0.336 e. The van der Waals surface area contributed by atoms with Gasteiger partial charge in [-0.1, -0.05) is 63.0 Å². The molecule has 302 valence electrons. The highest BCUT2D eigenvalue weighted by molar-refractivity contribution is 5.89. The summed E-state index contributed by atoms with van der Waals surface area (Å²) >= 11 is 0. The molecule has 0 heterocycles. The van der Waals surface area contributed by atoms with Gasteiger partial charge >= 0.3 is 11.9 Å². The van der Waals surface area contributed by atoms with E-state index in [0.717, 1.165) is 19.3 Å². The van der Waals surface area contributed by atoms with Crippen LogP contribution in [-0.2, 0) is 30.6 Å². The molecule has 0 bridgehead atoms. The highest BCUT2D eigenvalue weighted by Crippen LogP contribution is 2.38. The third-order valence-electron chi connectivity index (χ3n) is 9.40. The maximum atomic E-state index is 12.5. The largest absolute Gasteiger partial charge is 0.493 e. The van der Waals surface area contributed by atoms with Crippen LogP contribution in [0.2, 0.25) is 0 Å². The quantitative estimate of drug-likeness (QED) is 0.0196. The number of unbranched alkanes of at least 4 members (excludes halogenated alkanes) is 5. The van der Waals surface area contributed by atoms with E-state index in [9.17, 15) is 29.4 Å². The molecule has 55 heavy (non-hydrogen) atoms. The topological polar surface area (TPSA) is 201 Å². The van der Waals surface area contributed by atoms with Crippen molar-refractivity contribution in [2.24, 2.45) is 11.8 Å². The van der Waals surface area contributed by atoms with Gasteiger partial charge in [-0.2, -0.15) is 0 Å². The van der Waals surface area contributed by atoms with Crippen molar-refractivity contribution in [2.45, 2.75) is 109 Å². The minimum absolute atomic E-state index is 0.111. The first kappa shape index (κ1) is 45.0. The number of hydrogen-bond acceptors (Lipinski definition) is 13. The fraction of sp³-hybridized carbons (Fsp3) is 0.512. The Morgan fingerprint density at radius 1 is 0.873 bits per heavy atom. The molecule has 0 unspecified atom stereocenters. The Morgan fingerprint density at radius 2 is 1.65 bits per heavy atom. The van der Waals surface area contributed by atoms with Crippen molar-refractivity contribution >= 4 is 29.7 Å². The van der Waals surface area contributed by atoms with E-state index in [-0.39, 0.29) is 60.3 Å². The van der Waals surface area contributed by atoms with Gasteiger partial charge in [0.1, 0.15) is 18.1 Å². The number of nitrogens with zero attached hydrogens (tertiary/aromatic N) is 1. The molecule has 2 aromatic rings. The molecule has 0 radical (unpaired) electrons. The second kappa shape index (κ2) is 24.9. The molecule has 1 aliphatic rings. The van der Waals surface area contributed by atoms with Crippen LogP contribution < -0.4 is 19.5 Å².